The molecule has 0 radical (unpaired) electrons. The van der Waals surface area contributed by atoms with Crippen LogP contribution in [0.3, 0.4) is 0 Å². The zero-order chi connectivity index (χ0) is 17.4. The molecule has 0 amide bonds. The second-order valence-electron chi connectivity index (χ2n) is 5.77. The molecule has 1 aliphatic rings. The smallest absolute Gasteiger partial charge is 0.333 e. The van der Waals surface area contributed by atoms with E-state index in [4.69, 9.17) is 4.74 Å². The Morgan fingerprint density at radius 1 is 1.12 bits per heavy atom. The molecule has 2 aromatic rings. The van der Waals surface area contributed by atoms with E-state index >= 15 is 0 Å². The van der Waals surface area contributed by atoms with Gasteiger partial charge in [-0.3, -0.25) is 0 Å². The van der Waals surface area contributed by atoms with Crippen LogP contribution in [-0.4, -0.2) is 31.8 Å². The lowest BCUT2D eigenvalue weighted by atomic mass is 10.00. The number of hydrogen-bond acceptors (Lipinski definition) is 4. The minimum atomic E-state index is -3.77. The fourth-order valence-electron chi connectivity index (χ4n) is 2.78. The topological polar surface area (TPSA) is 63.5 Å². The third kappa shape index (κ3) is 2.61. The lowest BCUT2D eigenvalue weighted by Gasteiger charge is -2.17. The molecule has 0 N–H and O–H groups in total. The van der Waals surface area contributed by atoms with Crippen molar-refractivity contribution in [3.8, 4) is 0 Å². The Morgan fingerprint density at radius 3 is 2.33 bits per heavy atom. The van der Waals surface area contributed by atoms with Gasteiger partial charge < -0.3 is 4.74 Å². The largest absolute Gasteiger partial charge is 0.464 e. The van der Waals surface area contributed by atoms with Gasteiger partial charge in [0.2, 0.25) is 10.0 Å². The summed E-state index contributed by atoms with van der Waals surface area (Å²) >= 11 is 0. The minimum absolute atomic E-state index is 0.0893. The number of hydrogen-bond donors (Lipinski definition) is 0. The van der Waals surface area contributed by atoms with Crippen LogP contribution in [0.15, 0.2) is 59.5 Å². The van der Waals surface area contributed by atoms with Crippen molar-refractivity contribution in [2.24, 2.45) is 0 Å². The summed E-state index contributed by atoms with van der Waals surface area (Å²) in [7, 11) is -3.77. The normalized spacial score (nSPS) is 22.8. The molecule has 5 nitrogen and oxygen atoms in total. The van der Waals surface area contributed by atoms with Crippen LogP contribution in [-0.2, 0) is 25.1 Å². The van der Waals surface area contributed by atoms with Crippen molar-refractivity contribution < 1.29 is 17.9 Å². The molecule has 24 heavy (non-hydrogen) atoms. The van der Waals surface area contributed by atoms with Gasteiger partial charge in [0.05, 0.1) is 18.0 Å². The van der Waals surface area contributed by atoms with Crippen LogP contribution in [0.2, 0.25) is 0 Å². The van der Waals surface area contributed by atoms with Crippen molar-refractivity contribution >= 4 is 16.0 Å². The molecule has 0 aromatic heterocycles. The average Bonchev–Trinajstić information content (AvgIpc) is 3.34. The van der Waals surface area contributed by atoms with Crippen LogP contribution in [0.25, 0.3) is 0 Å². The van der Waals surface area contributed by atoms with Crippen molar-refractivity contribution in [1.29, 1.82) is 0 Å². The van der Waals surface area contributed by atoms with E-state index in [9.17, 15) is 13.2 Å². The number of esters is 1. The van der Waals surface area contributed by atoms with Gasteiger partial charge in [0.1, 0.15) is 0 Å². The van der Waals surface area contributed by atoms with Crippen molar-refractivity contribution in [3.63, 3.8) is 0 Å². The highest BCUT2D eigenvalue weighted by atomic mass is 32.2. The summed E-state index contributed by atoms with van der Waals surface area (Å²) < 4.78 is 32.2. The summed E-state index contributed by atoms with van der Waals surface area (Å²) in [5.41, 5.74) is 0.333. The van der Waals surface area contributed by atoms with Crippen molar-refractivity contribution in [2.45, 2.75) is 24.3 Å². The van der Waals surface area contributed by atoms with Crippen LogP contribution in [0.5, 0.6) is 0 Å². The Morgan fingerprint density at radius 2 is 1.75 bits per heavy atom. The first-order chi connectivity index (χ1) is 11.4. The van der Waals surface area contributed by atoms with Crippen molar-refractivity contribution in [1.82, 2.24) is 4.31 Å². The summed E-state index contributed by atoms with van der Waals surface area (Å²) in [6.45, 7) is 3.89. The van der Waals surface area contributed by atoms with Crippen LogP contribution in [0, 0.1) is 6.92 Å². The molecule has 2 unspecified atom stereocenters. The number of benzene rings is 2. The van der Waals surface area contributed by atoms with Crippen LogP contribution < -0.4 is 0 Å². The Labute approximate surface area is 141 Å². The Balaban J connectivity index is 2.02. The highest BCUT2D eigenvalue weighted by Crippen LogP contribution is 2.47. The molecule has 1 fully saturated rings. The Kier molecular flexibility index (Phi) is 4.19. The quantitative estimate of drug-likeness (QED) is 0.617. The Bertz CT molecular complexity index is 846. The zero-order valence-electron chi connectivity index (χ0n) is 13.6. The van der Waals surface area contributed by atoms with Crippen LogP contribution in [0.4, 0.5) is 0 Å². The van der Waals surface area contributed by atoms with Crippen LogP contribution >= 0.6 is 0 Å². The molecule has 0 aliphatic carbocycles. The number of carbonyl (C=O) groups excluding carboxylic acids is 1. The number of nitrogens with zero attached hydrogens (tertiary/aromatic N) is 1. The van der Waals surface area contributed by atoms with Crippen molar-refractivity contribution in [2.75, 3.05) is 13.2 Å². The van der Waals surface area contributed by atoms with E-state index in [0.717, 1.165) is 5.56 Å². The third-order valence-corrected chi connectivity index (χ3v) is 6.06. The maximum atomic E-state index is 12.9. The lowest BCUT2D eigenvalue weighted by Crippen LogP contribution is -2.32. The molecule has 0 bridgehead atoms. The van der Waals surface area contributed by atoms with Gasteiger partial charge >= 0.3 is 5.97 Å². The van der Waals surface area contributed by atoms with Gasteiger partial charge in [-0.15, -0.1) is 0 Å². The summed E-state index contributed by atoms with van der Waals surface area (Å²) in [4.78, 5) is 12.7. The monoisotopic (exact) mass is 345 g/mol. The lowest BCUT2D eigenvalue weighted by molar-refractivity contribution is -0.147. The fourth-order valence-corrected chi connectivity index (χ4v) is 4.47. The van der Waals surface area contributed by atoms with Gasteiger partial charge in [0.25, 0.3) is 0 Å². The van der Waals surface area contributed by atoms with E-state index in [-0.39, 0.29) is 18.0 Å². The molecule has 0 saturated carbocycles. The maximum absolute atomic E-state index is 12.9. The average molecular weight is 345 g/mol. The predicted octanol–water partition coefficient (Wildman–Crippen LogP) is 2.46. The molecule has 1 saturated heterocycles. The number of ether oxygens (including phenoxy) is 1. The molecule has 126 valence electrons. The second kappa shape index (κ2) is 6.03. The Hall–Kier alpha value is -2.18. The SMILES string of the molecule is CCOC(=O)C1(c2ccccc2)CN1S(=O)(=O)c1ccc(C)cc1. The van der Waals surface area contributed by atoms with Gasteiger partial charge in [-0.25, -0.2) is 13.2 Å². The van der Waals surface area contributed by atoms with Gasteiger partial charge in [-0.05, 0) is 31.5 Å². The minimum Gasteiger partial charge on any atom is -0.464 e. The van der Waals surface area contributed by atoms with E-state index in [1.165, 1.54) is 4.31 Å². The molecular weight excluding hydrogens is 326 g/mol. The maximum Gasteiger partial charge on any atom is 0.333 e. The van der Waals surface area contributed by atoms with Crippen molar-refractivity contribution in [3.05, 3.63) is 65.7 Å². The molecule has 2 aromatic carbocycles. The molecule has 0 spiro atoms. The van der Waals surface area contributed by atoms with E-state index in [1.54, 1.807) is 55.5 Å². The standard InChI is InChI=1S/C18H19NO4S/c1-3-23-17(20)18(15-7-5-4-6-8-15)13-19(18)24(21,22)16-11-9-14(2)10-12-16/h4-12H,3,13H2,1-2H3. The summed E-state index contributed by atoms with van der Waals surface area (Å²) in [5.74, 6) is -0.535. The van der Waals surface area contributed by atoms with E-state index in [0.29, 0.717) is 5.56 Å². The molecule has 6 heteroatoms. The number of aryl methyl sites for hydroxylation is 1. The molecule has 3 rings (SSSR count). The fraction of sp³-hybridized carbons (Fsp3) is 0.278. The van der Waals surface area contributed by atoms with Gasteiger partial charge in [0, 0.05) is 0 Å². The molecule has 1 heterocycles. The number of rotatable bonds is 5. The predicted molar refractivity (Wildman–Crippen MR) is 89.8 cm³/mol. The molecule has 1 aliphatic heterocycles. The van der Waals surface area contributed by atoms with E-state index in [1.807, 2.05) is 13.0 Å². The summed E-state index contributed by atoms with van der Waals surface area (Å²) in [6.07, 6.45) is 0. The zero-order valence-corrected chi connectivity index (χ0v) is 14.4. The van der Waals surface area contributed by atoms with Gasteiger partial charge in [-0.2, -0.15) is 4.31 Å². The first-order valence-corrected chi connectivity index (χ1v) is 9.19. The van der Waals surface area contributed by atoms with E-state index < -0.39 is 21.5 Å². The molecule has 2 atom stereocenters. The second-order valence-corrected chi connectivity index (χ2v) is 7.63. The third-order valence-electron chi connectivity index (χ3n) is 4.17. The van der Waals surface area contributed by atoms with Crippen LogP contribution in [0.1, 0.15) is 18.1 Å². The highest BCUT2D eigenvalue weighted by Gasteiger charge is 2.66. The van der Waals surface area contributed by atoms with E-state index in [2.05, 4.69) is 0 Å². The van der Waals surface area contributed by atoms with Gasteiger partial charge in [0.15, 0.2) is 5.54 Å². The number of sulfonamides is 1. The first-order valence-electron chi connectivity index (χ1n) is 7.75. The van der Waals surface area contributed by atoms with Gasteiger partial charge in [-0.1, -0.05) is 48.0 Å². The number of carbonyl (C=O) groups is 1. The summed E-state index contributed by atoms with van der Waals surface area (Å²) in [6, 6.07) is 15.5. The highest BCUT2D eigenvalue weighted by molar-refractivity contribution is 7.89. The first kappa shape index (κ1) is 16.7. The molecular formula is C18H19NO4S. The summed E-state index contributed by atoms with van der Waals surface area (Å²) in [5, 5.41) is 0.